The van der Waals surface area contributed by atoms with Crippen LogP contribution in [-0.4, -0.2) is 36.7 Å². The molecule has 2 atom stereocenters. The first-order valence-corrected chi connectivity index (χ1v) is 11.6. The van der Waals surface area contributed by atoms with Gasteiger partial charge in [-0.05, 0) is 85.3 Å². The smallest absolute Gasteiger partial charge is 0.407 e. The molecule has 2 bridgehead atoms. The molecular weight excluding hydrogens is 372 g/mol. The van der Waals surface area contributed by atoms with E-state index in [4.69, 9.17) is 4.74 Å². The van der Waals surface area contributed by atoms with Crippen LogP contribution >= 0.6 is 0 Å². The van der Waals surface area contributed by atoms with Crippen LogP contribution in [0.3, 0.4) is 0 Å². The van der Waals surface area contributed by atoms with E-state index < -0.39 is 0 Å². The fraction of sp³-hybridized carbons (Fsp3) is 0.500. The predicted octanol–water partition coefficient (Wildman–Crippen LogP) is 5.11. The molecule has 6 rings (SSSR count). The molecule has 4 nitrogen and oxygen atoms in total. The van der Waals surface area contributed by atoms with E-state index in [0.717, 1.165) is 58.2 Å². The predicted molar refractivity (Wildman–Crippen MR) is 120 cm³/mol. The third kappa shape index (κ3) is 3.98. The Kier molecular flexibility index (Phi) is 5.51. The maximum absolute atomic E-state index is 12.7. The van der Waals surface area contributed by atoms with Crippen LogP contribution in [0.15, 0.2) is 42.5 Å². The zero-order valence-corrected chi connectivity index (χ0v) is 17.9. The van der Waals surface area contributed by atoms with Crippen LogP contribution in [0.4, 0.5) is 4.79 Å². The van der Waals surface area contributed by atoms with E-state index in [1.54, 1.807) is 0 Å². The third-order valence-electron chi connectivity index (χ3n) is 7.30. The molecule has 0 saturated carbocycles. The lowest BCUT2D eigenvalue weighted by Crippen LogP contribution is -2.52. The monoisotopic (exact) mass is 404 g/mol. The number of hydrogen-bond donors (Lipinski definition) is 1. The number of alkyl carbamates (subject to hydrolysis) is 1. The molecule has 0 radical (unpaired) electrons. The van der Waals surface area contributed by atoms with Crippen molar-refractivity contribution in [3.63, 3.8) is 0 Å². The molecule has 1 aliphatic carbocycles. The van der Waals surface area contributed by atoms with E-state index in [1.165, 1.54) is 27.8 Å². The Morgan fingerprint density at radius 2 is 1.83 bits per heavy atom. The molecule has 0 aromatic heterocycles. The average Bonchev–Trinajstić information content (AvgIpc) is 2.80. The van der Waals surface area contributed by atoms with Gasteiger partial charge < -0.3 is 10.1 Å². The molecule has 2 aromatic rings. The highest BCUT2D eigenvalue weighted by Gasteiger charge is 2.37. The first-order valence-electron chi connectivity index (χ1n) is 11.6. The fourth-order valence-corrected chi connectivity index (χ4v) is 5.43. The van der Waals surface area contributed by atoms with Gasteiger partial charge in [0.2, 0.25) is 0 Å². The Morgan fingerprint density at radius 1 is 1.07 bits per heavy atom. The summed E-state index contributed by atoms with van der Waals surface area (Å²) in [7, 11) is 0. The summed E-state index contributed by atoms with van der Waals surface area (Å²) >= 11 is 0. The van der Waals surface area contributed by atoms with Crippen molar-refractivity contribution in [3.8, 4) is 11.1 Å². The molecule has 1 unspecified atom stereocenters. The molecule has 3 heterocycles. The van der Waals surface area contributed by atoms with Crippen molar-refractivity contribution >= 4 is 6.09 Å². The number of piperidine rings is 3. The van der Waals surface area contributed by atoms with Crippen LogP contribution in [0.2, 0.25) is 0 Å². The van der Waals surface area contributed by atoms with Gasteiger partial charge in [0.1, 0.15) is 6.10 Å². The van der Waals surface area contributed by atoms with E-state index in [-0.39, 0.29) is 18.2 Å². The van der Waals surface area contributed by atoms with E-state index in [0.29, 0.717) is 5.92 Å². The summed E-state index contributed by atoms with van der Waals surface area (Å²) < 4.78 is 5.87. The fourth-order valence-electron chi connectivity index (χ4n) is 5.43. The number of nitrogens with zero attached hydrogens (tertiary/aromatic N) is 1. The van der Waals surface area contributed by atoms with Crippen molar-refractivity contribution in [1.29, 1.82) is 0 Å². The number of carbonyl (C=O) groups excluding carboxylic acids is 1. The van der Waals surface area contributed by atoms with Gasteiger partial charge in [-0.15, -0.1) is 0 Å². The topological polar surface area (TPSA) is 41.6 Å². The minimum atomic E-state index is -0.245. The number of rotatable bonds is 4. The Balaban J connectivity index is 1.27. The number of aryl methyl sites for hydroxylation is 2. The summed E-state index contributed by atoms with van der Waals surface area (Å²) in [5.74, 6) is 0.543. The highest BCUT2D eigenvalue weighted by Crippen LogP contribution is 2.34. The Hall–Kier alpha value is -2.33. The molecule has 158 valence electrons. The van der Waals surface area contributed by atoms with Crippen LogP contribution in [0, 0.1) is 5.92 Å². The lowest BCUT2D eigenvalue weighted by atomic mass is 9.85. The maximum Gasteiger partial charge on any atom is 0.407 e. The van der Waals surface area contributed by atoms with E-state index in [1.807, 2.05) is 0 Å². The van der Waals surface area contributed by atoms with Crippen molar-refractivity contribution < 1.29 is 9.53 Å². The molecule has 1 amide bonds. The number of amides is 1. The minimum absolute atomic E-state index is 0.0545. The zero-order chi connectivity index (χ0) is 20.5. The summed E-state index contributed by atoms with van der Waals surface area (Å²) in [6.45, 7) is 5.40. The van der Waals surface area contributed by atoms with Gasteiger partial charge in [0.05, 0.1) is 6.04 Å². The molecule has 2 aromatic carbocycles. The van der Waals surface area contributed by atoms with Crippen LogP contribution in [-0.2, 0) is 17.6 Å². The van der Waals surface area contributed by atoms with E-state index >= 15 is 0 Å². The van der Waals surface area contributed by atoms with Crippen LogP contribution in [0.5, 0.6) is 0 Å². The van der Waals surface area contributed by atoms with E-state index in [9.17, 15) is 4.79 Å². The van der Waals surface area contributed by atoms with Crippen LogP contribution < -0.4 is 5.32 Å². The summed E-state index contributed by atoms with van der Waals surface area (Å²) in [5, 5.41) is 3.18. The van der Waals surface area contributed by atoms with Crippen molar-refractivity contribution in [3.05, 3.63) is 59.2 Å². The normalized spacial score (nSPS) is 27.4. The largest absolute Gasteiger partial charge is 0.445 e. The molecule has 30 heavy (non-hydrogen) atoms. The number of ether oxygens (including phenoxy) is 1. The summed E-state index contributed by atoms with van der Waals surface area (Å²) in [5.41, 5.74) is 6.48. The molecule has 1 N–H and O–H groups in total. The van der Waals surface area contributed by atoms with Gasteiger partial charge in [-0.2, -0.15) is 0 Å². The van der Waals surface area contributed by atoms with Gasteiger partial charge in [-0.3, -0.25) is 4.90 Å². The Labute approximate surface area is 179 Å². The number of carbonyl (C=O) groups is 1. The quantitative estimate of drug-likeness (QED) is 0.770. The Morgan fingerprint density at radius 3 is 2.53 bits per heavy atom. The zero-order valence-electron chi connectivity index (χ0n) is 17.9. The number of nitrogens with one attached hydrogen (secondary N) is 1. The Bertz CT molecular complexity index is 900. The van der Waals surface area contributed by atoms with E-state index in [2.05, 4.69) is 59.6 Å². The van der Waals surface area contributed by atoms with Crippen molar-refractivity contribution in [2.24, 2.45) is 5.92 Å². The molecule has 3 fully saturated rings. The van der Waals surface area contributed by atoms with Gasteiger partial charge >= 0.3 is 6.09 Å². The lowest BCUT2D eigenvalue weighted by Gasteiger charge is -2.44. The van der Waals surface area contributed by atoms with Crippen molar-refractivity contribution in [1.82, 2.24) is 10.2 Å². The van der Waals surface area contributed by atoms with Crippen LogP contribution in [0.25, 0.3) is 11.1 Å². The van der Waals surface area contributed by atoms with Gasteiger partial charge in [-0.25, -0.2) is 4.79 Å². The molecule has 4 aliphatic rings. The SMILES string of the molecule is CCc1ccc(-c2ccc3c(c2)CCCC3NC(=O)O[C@H]2CN3CCC2CC3)cc1. The number of fused-ring (bicyclic) bond motifs is 4. The van der Waals surface area contributed by atoms with Gasteiger partial charge in [0.15, 0.2) is 0 Å². The molecule has 3 saturated heterocycles. The summed E-state index contributed by atoms with van der Waals surface area (Å²) in [6, 6.07) is 15.6. The number of hydrogen-bond acceptors (Lipinski definition) is 3. The second-order valence-corrected chi connectivity index (χ2v) is 9.14. The molecule has 4 heteroatoms. The minimum Gasteiger partial charge on any atom is -0.445 e. The highest BCUT2D eigenvalue weighted by molar-refractivity contribution is 5.69. The van der Waals surface area contributed by atoms with Crippen molar-refractivity contribution in [2.45, 2.75) is 57.6 Å². The highest BCUT2D eigenvalue weighted by atomic mass is 16.6. The van der Waals surface area contributed by atoms with Crippen molar-refractivity contribution in [2.75, 3.05) is 19.6 Å². The van der Waals surface area contributed by atoms with Gasteiger partial charge in [-0.1, -0.05) is 49.4 Å². The van der Waals surface area contributed by atoms with Crippen LogP contribution in [0.1, 0.15) is 55.3 Å². The van der Waals surface area contributed by atoms with Gasteiger partial charge in [0, 0.05) is 6.54 Å². The standard InChI is InChI=1S/C26H32N2O2/c1-2-18-6-8-19(9-7-18)21-10-11-23-22(16-21)4-3-5-24(23)27-26(29)30-25-17-28-14-12-20(25)13-15-28/h6-11,16,20,24-25H,2-5,12-15,17H2,1H3,(H,27,29)/t24?,25-/m0/s1. The molecule has 0 spiro atoms. The summed E-state index contributed by atoms with van der Waals surface area (Å²) in [4.78, 5) is 15.1. The second kappa shape index (κ2) is 8.43. The lowest BCUT2D eigenvalue weighted by molar-refractivity contribution is -0.0340. The molecule has 3 aliphatic heterocycles. The summed E-state index contributed by atoms with van der Waals surface area (Å²) in [6.07, 6.45) is 6.34. The number of benzene rings is 2. The maximum atomic E-state index is 12.7. The second-order valence-electron chi connectivity index (χ2n) is 9.14. The van der Waals surface area contributed by atoms with Gasteiger partial charge in [0.25, 0.3) is 0 Å². The molecular formula is C26H32N2O2. The third-order valence-corrected chi connectivity index (χ3v) is 7.30. The first kappa shape index (κ1) is 19.6. The first-order chi connectivity index (χ1) is 14.7. The average molecular weight is 405 g/mol.